The van der Waals surface area contributed by atoms with Crippen molar-refractivity contribution >= 4 is 23.6 Å². The highest BCUT2D eigenvalue weighted by Gasteiger charge is 2.30. The molecular formula is C12H23N5O4S. The molecule has 0 aromatic rings. The van der Waals surface area contributed by atoms with Crippen LogP contribution in [0.3, 0.4) is 0 Å². The molecule has 1 N–H and O–H groups in total. The predicted molar refractivity (Wildman–Crippen MR) is 81.8 cm³/mol. The first-order chi connectivity index (χ1) is 10.5. The molecule has 0 aromatic heterocycles. The summed E-state index contributed by atoms with van der Waals surface area (Å²) in [6, 6.07) is -0.511. The standard InChI is InChI=1S/C12H23N5O4S/c1-10(18)13-11(4-9-22-3)12(19)15-5-7-16(8-6-15)17(20)14-21-2/h11H,4-9H2,1-3H3,(H,13,18)/b17-14-. The number of amides is 2. The summed E-state index contributed by atoms with van der Waals surface area (Å²) in [5.41, 5.74) is 0. The van der Waals surface area contributed by atoms with Gasteiger partial charge in [-0.1, -0.05) is 0 Å². The summed E-state index contributed by atoms with van der Waals surface area (Å²) in [5, 5.41) is 18.9. The van der Waals surface area contributed by atoms with Crippen molar-refractivity contribution in [2.24, 2.45) is 5.28 Å². The number of hydrazine groups is 1. The van der Waals surface area contributed by atoms with Crippen LogP contribution < -0.4 is 5.32 Å². The van der Waals surface area contributed by atoms with Crippen molar-refractivity contribution in [2.45, 2.75) is 19.4 Å². The number of carbonyl (C=O) groups excluding carboxylic acids is 2. The normalized spacial score (nSPS) is 17.1. The average molecular weight is 333 g/mol. The van der Waals surface area contributed by atoms with Crippen LogP contribution in [0.4, 0.5) is 0 Å². The number of hydrogen-bond donors (Lipinski definition) is 1. The lowest BCUT2D eigenvalue weighted by molar-refractivity contribution is -0.711. The van der Waals surface area contributed by atoms with Crippen LogP contribution in [-0.2, 0) is 14.4 Å². The van der Waals surface area contributed by atoms with Gasteiger partial charge in [-0.2, -0.15) is 11.8 Å². The number of nitrogens with one attached hydrogen (secondary N) is 1. The monoisotopic (exact) mass is 333 g/mol. The maximum absolute atomic E-state index is 12.5. The van der Waals surface area contributed by atoms with Gasteiger partial charge in [-0.3, -0.25) is 9.59 Å². The molecule has 1 aliphatic rings. The van der Waals surface area contributed by atoms with Crippen molar-refractivity contribution in [1.82, 2.24) is 15.2 Å². The van der Waals surface area contributed by atoms with Crippen molar-refractivity contribution in [3.05, 3.63) is 5.21 Å². The summed E-state index contributed by atoms with van der Waals surface area (Å²) in [6.45, 7) is 2.96. The van der Waals surface area contributed by atoms with Crippen LogP contribution in [0.25, 0.3) is 0 Å². The van der Waals surface area contributed by atoms with Crippen molar-refractivity contribution in [3.8, 4) is 0 Å². The van der Waals surface area contributed by atoms with Crippen molar-refractivity contribution in [1.29, 1.82) is 0 Å². The van der Waals surface area contributed by atoms with E-state index in [1.165, 1.54) is 19.0 Å². The van der Waals surface area contributed by atoms with Crippen LogP contribution in [-0.4, -0.2) is 78.0 Å². The number of hydrogen-bond acceptors (Lipinski definition) is 6. The maximum Gasteiger partial charge on any atom is 0.245 e. The Kier molecular flexibility index (Phi) is 7.78. The van der Waals surface area contributed by atoms with Crippen LogP contribution in [0.15, 0.2) is 5.28 Å². The lowest BCUT2D eigenvalue weighted by Gasteiger charge is -2.33. The molecule has 2 amide bonds. The molecule has 1 atom stereocenters. The number of carbonyl (C=O) groups is 2. The van der Waals surface area contributed by atoms with Gasteiger partial charge in [-0.05, 0) is 18.4 Å². The first-order valence-electron chi connectivity index (χ1n) is 7.00. The molecule has 0 aromatic carbocycles. The molecule has 1 heterocycles. The summed E-state index contributed by atoms with van der Waals surface area (Å²) < 4.78 is 0. The van der Waals surface area contributed by atoms with Crippen molar-refractivity contribution < 1.29 is 19.4 Å². The number of thioether (sulfide) groups is 1. The lowest BCUT2D eigenvalue weighted by Crippen LogP contribution is -2.55. The summed E-state index contributed by atoms with van der Waals surface area (Å²) in [6.07, 6.45) is 2.54. The Hall–Kier alpha value is -1.71. The van der Waals surface area contributed by atoms with E-state index in [-0.39, 0.29) is 11.8 Å². The Morgan fingerprint density at radius 3 is 2.55 bits per heavy atom. The fourth-order valence-electron chi connectivity index (χ4n) is 2.17. The Labute approximate surface area is 134 Å². The third kappa shape index (κ3) is 5.58. The van der Waals surface area contributed by atoms with E-state index < -0.39 is 6.04 Å². The first-order valence-corrected chi connectivity index (χ1v) is 8.40. The Balaban J connectivity index is 2.57. The molecule has 22 heavy (non-hydrogen) atoms. The first kappa shape index (κ1) is 18.3. The van der Waals surface area contributed by atoms with Gasteiger partial charge in [0.2, 0.25) is 17.1 Å². The van der Waals surface area contributed by atoms with Gasteiger partial charge in [0, 0.05) is 20.0 Å². The van der Waals surface area contributed by atoms with Gasteiger partial charge in [0.25, 0.3) is 0 Å². The fraction of sp³-hybridized carbons (Fsp3) is 0.833. The molecule has 10 heteroatoms. The Morgan fingerprint density at radius 1 is 1.41 bits per heavy atom. The molecule has 1 rings (SSSR count). The Bertz CT molecular complexity index is 412. The van der Waals surface area contributed by atoms with E-state index in [2.05, 4.69) is 15.4 Å². The van der Waals surface area contributed by atoms with Crippen LogP contribution in [0.5, 0.6) is 0 Å². The maximum atomic E-state index is 12.5. The van der Waals surface area contributed by atoms with Crippen LogP contribution in [0.1, 0.15) is 13.3 Å². The van der Waals surface area contributed by atoms with Crippen LogP contribution in [0.2, 0.25) is 0 Å². The molecule has 1 fully saturated rings. The largest absolute Gasteiger partial charge is 0.569 e. The zero-order chi connectivity index (χ0) is 16.5. The van der Waals surface area contributed by atoms with Gasteiger partial charge in [0.05, 0.1) is 18.1 Å². The zero-order valence-electron chi connectivity index (χ0n) is 13.2. The van der Waals surface area contributed by atoms with Gasteiger partial charge >= 0.3 is 0 Å². The summed E-state index contributed by atoms with van der Waals surface area (Å²) in [4.78, 5) is 30.2. The van der Waals surface area contributed by atoms with E-state index in [1.807, 2.05) is 6.26 Å². The van der Waals surface area contributed by atoms with Gasteiger partial charge in [0.15, 0.2) is 0 Å². The van der Waals surface area contributed by atoms with E-state index in [4.69, 9.17) is 0 Å². The predicted octanol–water partition coefficient (Wildman–Crippen LogP) is -0.173. The molecule has 0 aliphatic carbocycles. The smallest absolute Gasteiger partial charge is 0.245 e. The van der Waals surface area contributed by atoms with E-state index in [0.717, 1.165) is 5.75 Å². The summed E-state index contributed by atoms with van der Waals surface area (Å²) in [5.74, 6) is 0.463. The molecule has 126 valence electrons. The fourth-order valence-corrected chi connectivity index (χ4v) is 2.64. The third-order valence-corrected chi connectivity index (χ3v) is 3.89. The molecule has 1 unspecified atom stereocenters. The molecule has 1 saturated heterocycles. The van der Waals surface area contributed by atoms with Crippen molar-refractivity contribution in [2.75, 3.05) is 45.3 Å². The van der Waals surface area contributed by atoms with Gasteiger partial charge < -0.3 is 20.3 Å². The summed E-state index contributed by atoms with van der Waals surface area (Å²) in [7, 11) is 1.30. The molecule has 9 nitrogen and oxygen atoms in total. The minimum atomic E-state index is -0.511. The highest BCUT2D eigenvalue weighted by molar-refractivity contribution is 7.98. The van der Waals surface area contributed by atoms with Crippen LogP contribution in [0, 0.1) is 5.21 Å². The topological polar surface area (TPSA) is 100 Å². The van der Waals surface area contributed by atoms with Gasteiger partial charge in [-0.15, -0.1) is 5.01 Å². The van der Waals surface area contributed by atoms with Crippen LogP contribution >= 0.6 is 11.8 Å². The van der Waals surface area contributed by atoms with E-state index in [1.54, 1.807) is 16.7 Å². The minimum absolute atomic E-state index is 0.106. The highest BCUT2D eigenvalue weighted by atomic mass is 32.2. The third-order valence-electron chi connectivity index (χ3n) is 3.25. The quantitative estimate of drug-likeness (QED) is 0.394. The molecular weight excluding hydrogens is 310 g/mol. The molecule has 0 spiro atoms. The molecule has 0 radical (unpaired) electrons. The SMILES string of the molecule is CO/N=[N+](\[O-])N1CCN(C(=O)C(CCSC)NC(C)=O)CC1. The van der Waals surface area contributed by atoms with E-state index >= 15 is 0 Å². The van der Waals surface area contributed by atoms with Gasteiger partial charge in [0.1, 0.15) is 13.2 Å². The van der Waals surface area contributed by atoms with Gasteiger partial charge in [-0.25, -0.2) is 0 Å². The van der Waals surface area contributed by atoms with E-state index in [0.29, 0.717) is 37.6 Å². The second-order valence-corrected chi connectivity index (χ2v) is 5.82. The van der Waals surface area contributed by atoms with Crippen molar-refractivity contribution in [3.63, 3.8) is 0 Å². The Morgan fingerprint density at radius 2 is 2.05 bits per heavy atom. The summed E-state index contributed by atoms with van der Waals surface area (Å²) >= 11 is 1.63. The molecule has 0 saturated carbocycles. The minimum Gasteiger partial charge on any atom is -0.569 e. The average Bonchev–Trinajstić information content (AvgIpc) is 2.50. The van der Waals surface area contributed by atoms with E-state index in [9.17, 15) is 14.8 Å². The number of nitrogens with zero attached hydrogens (tertiary/aromatic N) is 4. The number of rotatable bonds is 7. The number of piperazine rings is 1. The molecule has 0 bridgehead atoms. The zero-order valence-corrected chi connectivity index (χ0v) is 14.0. The second kappa shape index (κ2) is 9.34. The highest BCUT2D eigenvalue weighted by Crippen LogP contribution is 2.09. The second-order valence-electron chi connectivity index (χ2n) is 4.83. The molecule has 1 aliphatic heterocycles. The lowest BCUT2D eigenvalue weighted by atomic mass is 10.1.